The van der Waals surface area contributed by atoms with Gasteiger partial charge in [-0.15, -0.1) is 0 Å². The number of nitrogens with zero attached hydrogens (tertiary/aromatic N) is 2. The van der Waals surface area contributed by atoms with Crippen molar-refractivity contribution >= 4 is 23.2 Å². The Labute approximate surface area is 152 Å². The molecule has 0 aromatic heterocycles. The molecule has 6 heteroatoms. The van der Waals surface area contributed by atoms with E-state index in [1.807, 2.05) is 43.1 Å². The summed E-state index contributed by atoms with van der Waals surface area (Å²) in [6.07, 6.45) is 0. The monoisotopic (exact) mass is 357 g/mol. The van der Waals surface area contributed by atoms with Crippen LogP contribution < -0.4 is 10.1 Å². The minimum Gasteiger partial charge on any atom is -0.496 e. The summed E-state index contributed by atoms with van der Waals surface area (Å²) in [5.74, 6) is 0.645. The Kier molecular flexibility index (Phi) is 6.40. The Morgan fingerprint density at radius 2 is 2.08 bits per heavy atom. The number of halogens is 1. The van der Waals surface area contributed by atoms with Crippen molar-refractivity contribution in [3.8, 4) is 11.8 Å². The predicted molar refractivity (Wildman–Crippen MR) is 98.9 cm³/mol. The zero-order valence-corrected chi connectivity index (χ0v) is 15.2. The lowest BCUT2D eigenvalue weighted by molar-refractivity contribution is -0.117. The lowest BCUT2D eigenvalue weighted by Crippen LogP contribution is -2.30. The van der Waals surface area contributed by atoms with E-state index in [0.29, 0.717) is 22.8 Å². The maximum atomic E-state index is 12.2. The van der Waals surface area contributed by atoms with Crippen LogP contribution in [0.1, 0.15) is 16.7 Å². The van der Waals surface area contributed by atoms with E-state index in [1.54, 1.807) is 25.3 Å². The summed E-state index contributed by atoms with van der Waals surface area (Å²) in [4.78, 5) is 14.1. The van der Waals surface area contributed by atoms with Gasteiger partial charge in [0.1, 0.15) is 11.8 Å². The van der Waals surface area contributed by atoms with E-state index in [4.69, 9.17) is 21.6 Å². The van der Waals surface area contributed by atoms with Crippen molar-refractivity contribution in [2.75, 3.05) is 26.0 Å². The first-order chi connectivity index (χ1) is 11.9. The molecule has 2 aromatic rings. The SMILES string of the molecule is COc1ccc(C)cc1CN(C)CC(=O)Nc1ccc(C#N)c(Cl)c1. The first-order valence-electron chi connectivity index (χ1n) is 7.74. The highest BCUT2D eigenvalue weighted by molar-refractivity contribution is 6.32. The molecule has 0 unspecified atom stereocenters. The Morgan fingerprint density at radius 1 is 1.32 bits per heavy atom. The van der Waals surface area contributed by atoms with E-state index < -0.39 is 0 Å². The van der Waals surface area contributed by atoms with Crippen LogP contribution in [0, 0.1) is 18.3 Å². The number of aryl methyl sites for hydroxylation is 1. The zero-order chi connectivity index (χ0) is 18.4. The molecule has 0 bridgehead atoms. The summed E-state index contributed by atoms with van der Waals surface area (Å²) >= 11 is 5.98. The molecule has 0 fully saturated rings. The quantitative estimate of drug-likeness (QED) is 0.857. The summed E-state index contributed by atoms with van der Waals surface area (Å²) in [5, 5.41) is 12.0. The summed E-state index contributed by atoms with van der Waals surface area (Å²) in [6, 6.07) is 12.8. The standard InChI is InChI=1S/C19H20ClN3O2/c1-13-4-7-18(25-3)15(8-13)11-23(2)12-19(24)22-16-6-5-14(10-21)17(20)9-16/h4-9H,11-12H2,1-3H3,(H,22,24). The van der Waals surface area contributed by atoms with Crippen molar-refractivity contribution in [3.05, 3.63) is 58.1 Å². The number of carbonyl (C=O) groups excluding carboxylic acids is 1. The Bertz CT molecular complexity index is 815. The molecule has 1 N–H and O–H groups in total. The average molecular weight is 358 g/mol. The van der Waals surface area contributed by atoms with Crippen molar-refractivity contribution in [3.63, 3.8) is 0 Å². The number of methoxy groups -OCH3 is 1. The van der Waals surface area contributed by atoms with E-state index in [2.05, 4.69) is 5.32 Å². The molecule has 2 rings (SSSR count). The van der Waals surface area contributed by atoms with Crippen LogP contribution in [0.25, 0.3) is 0 Å². The van der Waals surface area contributed by atoms with Crippen LogP contribution in [0.15, 0.2) is 36.4 Å². The molecule has 0 atom stereocenters. The highest BCUT2D eigenvalue weighted by atomic mass is 35.5. The Balaban J connectivity index is 1.97. The fourth-order valence-electron chi connectivity index (χ4n) is 2.51. The number of hydrogen-bond acceptors (Lipinski definition) is 4. The maximum Gasteiger partial charge on any atom is 0.238 e. The summed E-state index contributed by atoms with van der Waals surface area (Å²) in [7, 11) is 3.50. The van der Waals surface area contributed by atoms with Crippen LogP contribution in [0.4, 0.5) is 5.69 Å². The normalized spacial score (nSPS) is 10.4. The van der Waals surface area contributed by atoms with Gasteiger partial charge in [0.25, 0.3) is 0 Å². The van der Waals surface area contributed by atoms with E-state index >= 15 is 0 Å². The number of amides is 1. The van der Waals surface area contributed by atoms with E-state index in [9.17, 15) is 4.79 Å². The molecule has 0 saturated heterocycles. The van der Waals surface area contributed by atoms with Gasteiger partial charge in [0.2, 0.25) is 5.91 Å². The molecule has 0 saturated carbocycles. The van der Waals surface area contributed by atoms with Crippen molar-refractivity contribution in [1.29, 1.82) is 5.26 Å². The third-order valence-corrected chi connectivity index (χ3v) is 3.98. The molecular formula is C19H20ClN3O2. The summed E-state index contributed by atoms with van der Waals surface area (Å²) in [5.41, 5.74) is 3.11. The van der Waals surface area contributed by atoms with Crippen LogP contribution >= 0.6 is 11.6 Å². The molecule has 1 amide bonds. The highest BCUT2D eigenvalue weighted by Crippen LogP contribution is 2.22. The van der Waals surface area contributed by atoms with Gasteiger partial charge in [0.15, 0.2) is 0 Å². The van der Waals surface area contributed by atoms with Crippen LogP contribution in [-0.2, 0) is 11.3 Å². The number of anilines is 1. The van der Waals surface area contributed by atoms with Crippen molar-refractivity contribution < 1.29 is 9.53 Å². The molecule has 5 nitrogen and oxygen atoms in total. The van der Waals surface area contributed by atoms with Gasteiger partial charge in [-0.1, -0.05) is 29.3 Å². The average Bonchev–Trinajstić information content (AvgIpc) is 2.55. The number of hydrogen-bond donors (Lipinski definition) is 1. The van der Waals surface area contributed by atoms with Gasteiger partial charge in [-0.25, -0.2) is 0 Å². The fourth-order valence-corrected chi connectivity index (χ4v) is 2.73. The number of likely N-dealkylation sites (N-methyl/N-ethyl adjacent to an activating group) is 1. The number of rotatable bonds is 6. The molecule has 0 heterocycles. The zero-order valence-electron chi connectivity index (χ0n) is 14.5. The summed E-state index contributed by atoms with van der Waals surface area (Å²) in [6.45, 7) is 2.82. The molecule has 2 aromatic carbocycles. The Morgan fingerprint density at radius 3 is 2.72 bits per heavy atom. The predicted octanol–water partition coefficient (Wildman–Crippen LogP) is 3.60. The number of carbonyl (C=O) groups is 1. The van der Waals surface area contributed by atoms with E-state index in [1.165, 1.54) is 0 Å². The van der Waals surface area contributed by atoms with Crippen molar-refractivity contribution in [2.45, 2.75) is 13.5 Å². The molecule has 25 heavy (non-hydrogen) atoms. The first-order valence-corrected chi connectivity index (χ1v) is 8.12. The van der Waals surface area contributed by atoms with Crippen molar-refractivity contribution in [2.24, 2.45) is 0 Å². The van der Waals surface area contributed by atoms with Gasteiger partial charge < -0.3 is 10.1 Å². The number of nitriles is 1. The Hall–Kier alpha value is -2.55. The first kappa shape index (κ1) is 18.8. The number of nitrogens with one attached hydrogen (secondary N) is 1. The molecule has 0 radical (unpaired) electrons. The minimum absolute atomic E-state index is 0.158. The lowest BCUT2D eigenvalue weighted by Gasteiger charge is -2.18. The fraction of sp³-hybridized carbons (Fsp3) is 0.263. The molecule has 0 spiro atoms. The highest BCUT2D eigenvalue weighted by Gasteiger charge is 2.11. The minimum atomic E-state index is -0.158. The van der Waals surface area contributed by atoms with Crippen LogP contribution in [0.5, 0.6) is 5.75 Å². The smallest absolute Gasteiger partial charge is 0.238 e. The third kappa shape index (κ3) is 5.21. The summed E-state index contributed by atoms with van der Waals surface area (Å²) < 4.78 is 5.37. The van der Waals surface area contributed by atoms with Crippen LogP contribution in [0.3, 0.4) is 0 Å². The van der Waals surface area contributed by atoms with E-state index in [-0.39, 0.29) is 12.5 Å². The van der Waals surface area contributed by atoms with Gasteiger partial charge in [-0.05, 0) is 38.2 Å². The van der Waals surface area contributed by atoms with E-state index in [0.717, 1.165) is 16.9 Å². The number of benzene rings is 2. The number of ether oxygens (including phenoxy) is 1. The molecule has 0 aliphatic carbocycles. The molecule has 0 aliphatic rings. The molecule has 0 aliphatic heterocycles. The van der Waals surface area contributed by atoms with Gasteiger partial charge >= 0.3 is 0 Å². The van der Waals surface area contributed by atoms with Gasteiger partial charge in [0, 0.05) is 17.8 Å². The lowest BCUT2D eigenvalue weighted by atomic mass is 10.1. The van der Waals surface area contributed by atoms with Crippen molar-refractivity contribution in [1.82, 2.24) is 4.90 Å². The van der Waals surface area contributed by atoms with Gasteiger partial charge in [-0.3, -0.25) is 9.69 Å². The molecular weight excluding hydrogens is 338 g/mol. The maximum absolute atomic E-state index is 12.2. The van der Waals surface area contributed by atoms with Crippen LogP contribution in [-0.4, -0.2) is 31.5 Å². The topological polar surface area (TPSA) is 65.4 Å². The molecule has 130 valence electrons. The van der Waals surface area contributed by atoms with Gasteiger partial charge in [0.05, 0.1) is 24.2 Å². The largest absolute Gasteiger partial charge is 0.496 e. The van der Waals surface area contributed by atoms with Gasteiger partial charge in [-0.2, -0.15) is 5.26 Å². The van der Waals surface area contributed by atoms with Crippen LogP contribution in [0.2, 0.25) is 5.02 Å². The second-order valence-corrected chi connectivity index (χ2v) is 6.25. The second-order valence-electron chi connectivity index (χ2n) is 5.84. The third-order valence-electron chi connectivity index (χ3n) is 3.66. The second kappa shape index (κ2) is 8.52.